The van der Waals surface area contributed by atoms with Gasteiger partial charge in [-0.15, -0.1) is 0 Å². The lowest BCUT2D eigenvalue weighted by Gasteiger charge is -2.04. The number of methoxy groups -OCH3 is 1. The first kappa shape index (κ1) is 13.7. The van der Waals surface area contributed by atoms with Crippen molar-refractivity contribution in [1.29, 1.82) is 0 Å². The average Bonchev–Trinajstić information content (AvgIpc) is 2.90. The molecule has 0 aliphatic heterocycles. The number of ether oxygens (including phenoxy) is 1. The van der Waals surface area contributed by atoms with Gasteiger partial charge in [-0.3, -0.25) is 4.68 Å². The lowest BCUT2D eigenvalue weighted by atomic mass is 10.3. The van der Waals surface area contributed by atoms with Gasteiger partial charge in [-0.25, -0.2) is 9.67 Å². The summed E-state index contributed by atoms with van der Waals surface area (Å²) in [7, 11) is 3.49. The number of aliphatic hydroxyl groups excluding tert-OH is 1. The Hall–Kier alpha value is -1.73. The Kier molecular flexibility index (Phi) is 4.28. The summed E-state index contributed by atoms with van der Waals surface area (Å²) in [5, 5.41) is 17.7. The molecule has 0 saturated heterocycles. The van der Waals surface area contributed by atoms with Gasteiger partial charge in [0.2, 0.25) is 0 Å². The lowest BCUT2D eigenvalue weighted by molar-refractivity contribution is 0.177. The Bertz CT molecular complexity index is 546. The van der Waals surface area contributed by atoms with Crippen molar-refractivity contribution in [2.24, 2.45) is 7.05 Å². The van der Waals surface area contributed by atoms with E-state index in [-0.39, 0.29) is 6.61 Å². The molecule has 0 unspecified atom stereocenters. The zero-order valence-electron chi connectivity index (χ0n) is 11.5. The highest BCUT2D eigenvalue weighted by molar-refractivity contribution is 5.50. The van der Waals surface area contributed by atoms with Crippen LogP contribution in [0.5, 0.6) is 0 Å². The molecule has 2 aromatic heterocycles. The molecule has 2 aromatic rings. The summed E-state index contributed by atoms with van der Waals surface area (Å²) in [6, 6.07) is 1.97. The van der Waals surface area contributed by atoms with Crippen molar-refractivity contribution >= 4 is 0 Å². The summed E-state index contributed by atoms with van der Waals surface area (Å²) in [4.78, 5) is 4.48. The zero-order chi connectivity index (χ0) is 13.8. The van der Waals surface area contributed by atoms with Gasteiger partial charge in [0.05, 0.1) is 5.69 Å². The molecule has 2 heterocycles. The predicted octanol–water partition coefficient (Wildman–Crippen LogP) is 0.516. The first-order chi connectivity index (χ1) is 9.15. The van der Waals surface area contributed by atoms with E-state index in [4.69, 9.17) is 9.84 Å². The summed E-state index contributed by atoms with van der Waals surface area (Å²) in [5.41, 5.74) is 1.84. The summed E-state index contributed by atoms with van der Waals surface area (Å²) in [6.45, 7) is 3.06. The van der Waals surface area contributed by atoms with Gasteiger partial charge >= 0.3 is 0 Å². The van der Waals surface area contributed by atoms with Crippen LogP contribution in [0, 0.1) is 6.92 Å². The predicted molar refractivity (Wildman–Crippen MR) is 69.4 cm³/mol. The Labute approximate surface area is 111 Å². The smallest absolute Gasteiger partial charge is 0.176 e. The van der Waals surface area contributed by atoms with Gasteiger partial charge in [0.1, 0.15) is 12.3 Å². The Balaban J connectivity index is 2.38. The second kappa shape index (κ2) is 5.94. The second-order valence-corrected chi connectivity index (χ2v) is 4.38. The molecule has 7 heteroatoms. The van der Waals surface area contributed by atoms with Gasteiger partial charge in [0.15, 0.2) is 11.6 Å². The van der Waals surface area contributed by atoms with Crippen LogP contribution in [0.2, 0.25) is 0 Å². The molecule has 19 heavy (non-hydrogen) atoms. The van der Waals surface area contributed by atoms with E-state index < -0.39 is 0 Å². The minimum absolute atomic E-state index is 0.128. The van der Waals surface area contributed by atoms with Crippen LogP contribution in [0.15, 0.2) is 6.07 Å². The number of hydrogen-bond donors (Lipinski definition) is 1. The maximum Gasteiger partial charge on any atom is 0.176 e. The van der Waals surface area contributed by atoms with Crippen LogP contribution >= 0.6 is 0 Å². The van der Waals surface area contributed by atoms with E-state index in [1.54, 1.807) is 16.5 Å². The molecular formula is C12H19N5O2. The maximum absolute atomic E-state index is 8.95. The minimum atomic E-state index is 0.128. The van der Waals surface area contributed by atoms with Crippen LogP contribution in [-0.4, -0.2) is 43.4 Å². The molecule has 0 saturated carbocycles. The summed E-state index contributed by atoms with van der Waals surface area (Å²) < 4.78 is 8.64. The molecule has 0 aromatic carbocycles. The quantitative estimate of drug-likeness (QED) is 0.823. The van der Waals surface area contributed by atoms with Crippen molar-refractivity contribution in [2.75, 3.05) is 13.7 Å². The Morgan fingerprint density at radius 1 is 1.37 bits per heavy atom. The van der Waals surface area contributed by atoms with Crippen molar-refractivity contribution in [3.05, 3.63) is 17.6 Å². The first-order valence-corrected chi connectivity index (χ1v) is 6.20. The number of aliphatic hydroxyl groups is 1. The molecule has 0 aliphatic carbocycles. The van der Waals surface area contributed by atoms with Gasteiger partial charge in [0.25, 0.3) is 0 Å². The third-order valence-electron chi connectivity index (χ3n) is 2.75. The number of rotatable bonds is 6. The Morgan fingerprint density at radius 3 is 2.74 bits per heavy atom. The van der Waals surface area contributed by atoms with E-state index in [0.29, 0.717) is 25.4 Å². The van der Waals surface area contributed by atoms with Gasteiger partial charge in [-0.05, 0) is 19.4 Å². The van der Waals surface area contributed by atoms with E-state index >= 15 is 0 Å². The van der Waals surface area contributed by atoms with E-state index in [1.165, 1.54) is 0 Å². The van der Waals surface area contributed by atoms with Crippen LogP contribution in [-0.2, 0) is 24.9 Å². The van der Waals surface area contributed by atoms with Crippen molar-refractivity contribution < 1.29 is 9.84 Å². The second-order valence-electron chi connectivity index (χ2n) is 4.38. The molecule has 0 fully saturated rings. The van der Waals surface area contributed by atoms with Crippen molar-refractivity contribution in [3.63, 3.8) is 0 Å². The number of aryl methyl sites for hydroxylation is 3. The van der Waals surface area contributed by atoms with Gasteiger partial charge in [-0.1, -0.05) is 0 Å². The molecule has 0 aliphatic rings. The molecular weight excluding hydrogens is 246 g/mol. The largest absolute Gasteiger partial charge is 0.396 e. The molecule has 2 rings (SSSR count). The highest BCUT2D eigenvalue weighted by Crippen LogP contribution is 2.18. The van der Waals surface area contributed by atoms with E-state index in [0.717, 1.165) is 17.2 Å². The highest BCUT2D eigenvalue weighted by atomic mass is 16.5. The molecule has 0 bridgehead atoms. The highest BCUT2D eigenvalue weighted by Gasteiger charge is 2.15. The molecule has 1 N–H and O–H groups in total. The van der Waals surface area contributed by atoms with E-state index in [1.807, 2.05) is 20.0 Å². The fourth-order valence-electron chi connectivity index (χ4n) is 1.97. The first-order valence-electron chi connectivity index (χ1n) is 6.20. The molecule has 0 amide bonds. The fourth-order valence-corrected chi connectivity index (χ4v) is 1.97. The van der Waals surface area contributed by atoms with Crippen LogP contribution in [0.1, 0.15) is 17.9 Å². The lowest BCUT2D eigenvalue weighted by Crippen LogP contribution is -2.07. The summed E-state index contributed by atoms with van der Waals surface area (Å²) in [5.74, 6) is 1.39. The van der Waals surface area contributed by atoms with E-state index in [2.05, 4.69) is 15.2 Å². The topological polar surface area (TPSA) is 78.0 Å². The Morgan fingerprint density at radius 2 is 2.16 bits per heavy atom. The molecule has 7 nitrogen and oxygen atoms in total. The monoisotopic (exact) mass is 265 g/mol. The minimum Gasteiger partial charge on any atom is -0.396 e. The van der Waals surface area contributed by atoms with Gasteiger partial charge in [-0.2, -0.15) is 10.2 Å². The van der Waals surface area contributed by atoms with Gasteiger partial charge in [0, 0.05) is 27.3 Å². The number of nitrogens with zero attached hydrogens (tertiary/aromatic N) is 5. The van der Waals surface area contributed by atoms with Gasteiger partial charge < -0.3 is 9.84 Å². The third-order valence-corrected chi connectivity index (χ3v) is 2.75. The van der Waals surface area contributed by atoms with Crippen molar-refractivity contribution in [3.8, 4) is 11.5 Å². The average molecular weight is 265 g/mol. The van der Waals surface area contributed by atoms with Crippen LogP contribution in [0.4, 0.5) is 0 Å². The SMILES string of the molecule is COCc1nc(-c2cc(C)nn2C)n(CCCO)n1. The molecule has 104 valence electrons. The van der Waals surface area contributed by atoms with Crippen molar-refractivity contribution in [2.45, 2.75) is 26.5 Å². The normalized spacial score (nSPS) is 11.2. The molecule has 0 atom stereocenters. The zero-order valence-corrected chi connectivity index (χ0v) is 11.5. The number of aromatic nitrogens is 5. The van der Waals surface area contributed by atoms with Crippen LogP contribution in [0.25, 0.3) is 11.5 Å². The summed E-state index contributed by atoms with van der Waals surface area (Å²) >= 11 is 0. The number of hydrogen-bond acceptors (Lipinski definition) is 5. The van der Waals surface area contributed by atoms with Crippen LogP contribution in [0.3, 0.4) is 0 Å². The van der Waals surface area contributed by atoms with E-state index in [9.17, 15) is 0 Å². The fraction of sp³-hybridized carbons (Fsp3) is 0.583. The van der Waals surface area contributed by atoms with Crippen molar-refractivity contribution in [1.82, 2.24) is 24.5 Å². The molecule has 0 spiro atoms. The van der Waals surface area contributed by atoms with Crippen LogP contribution < -0.4 is 0 Å². The summed E-state index contributed by atoms with van der Waals surface area (Å²) in [6.07, 6.45) is 0.639. The molecule has 0 radical (unpaired) electrons. The standard InChI is InChI=1S/C12H19N5O2/c1-9-7-10(16(2)14-9)12-13-11(8-19-3)15-17(12)5-4-6-18/h7,18H,4-6,8H2,1-3H3. The third kappa shape index (κ3) is 2.99. The maximum atomic E-state index is 8.95.